The molecule has 0 amide bonds. The second-order valence-electron chi connectivity index (χ2n) is 6.77. The van der Waals surface area contributed by atoms with Crippen LogP contribution in [0.5, 0.6) is 0 Å². The van der Waals surface area contributed by atoms with E-state index in [1.165, 1.54) is 25.8 Å². The highest BCUT2D eigenvalue weighted by Crippen LogP contribution is 2.18. The van der Waals surface area contributed by atoms with Gasteiger partial charge in [-0.15, -0.1) is 0 Å². The van der Waals surface area contributed by atoms with Crippen molar-refractivity contribution in [3.63, 3.8) is 0 Å². The summed E-state index contributed by atoms with van der Waals surface area (Å²) in [6.45, 7) is 13.2. The van der Waals surface area contributed by atoms with Gasteiger partial charge < -0.3 is 15.0 Å². The number of nitrogens with one attached hydrogen (secondary N) is 1. The first-order valence-corrected chi connectivity index (χ1v) is 8.03. The number of ether oxygens (including phenoxy) is 1. The van der Waals surface area contributed by atoms with Crippen molar-refractivity contribution in [3.05, 3.63) is 0 Å². The van der Waals surface area contributed by atoms with Gasteiger partial charge in [-0.2, -0.15) is 0 Å². The smallest absolute Gasteiger partial charge is 0.0722 e. The van der Waals surface area contributed by atoms with Crippen molar-refractivity contribution in [2.24, 2.45) is 11.8 Å². The maximum Gasteiger partial charge on any atom is 0.0722 e. The predicted molar refractivity (Wildman–Crippen MR) is 82.6 cm³/mol. The molecule has 0 aromatic rings. The molecule has 2 atom stereocenters. The van der Waals surface area contributed by atoms with E-state index in [-0.39, 0.29) is 0 Å². The lowest BCUT2D eigenvalue weighted by molar-refractivity contribution is 0.0142. The Labute approximate surface area is 120 Å². The minimum atomic E-state index is 0.352. The first kappa shape index (κ1) is 16.9. The lowest BCUT2D eigenvalue weighted by atomic mass is 10.1. The SMILES string of the molecule is CC(C)CNCC(OCCC1CCCN1C)C(C)C. The van der Waals surface area contributed by atoms with Crippen LogP contribution in [0.1, 0.15) is 47.0 Å². The van der Waals surface area contributed by atoms with Crippen LogP contribution in [0.15, 0.2) is 0 Å². The summed E-state index contributed by atoms with van der Waals surface area (Å²) in [6, 6.07) is 0.747. The third kappa shape index (κ3) is 6.73. The van der Waals surface area contributed by atoms with E-state index in [9.17, 15) is 0 Å². The van der Waals surface area contributed by atoms with Crippen molar-refractivity contribution in [2.45, 2.75) is 59.1 Å². The summed E-state index contributed by atoms with van der Waals surface area (Å²) in [4.78, 5) is 2.48. The molecule has 0 bridgehead atoms. The molecular weight excluding hydrogens is 236 g/mol. The summed E-state index contributed by atoms with van der Waals surface area (Å²) in [5.74, 6) is 1.29. The van der Waals surface area contributed by atoms with Gasteiger partial charge in [0.1, 0.15) is 0 Å². The van der Waals surface area contributed by atoms with E-state index < -0.39 is 0 Å². The van der Waals surface area contributed by atoms with E-state index in [0.29, 0.717) is 17.9 Å². The van der Waals surface area contributed by atoms with Crippen LogP contribution in [0.3, 0.4) is 0 Å². The Morgan fingerprint density at radius 1 is 1.21 bits per heavy atom. The summed E-state index contributed by atoms with van der Waals surface area (Å²) in [6.07, 6.45) is 4.23. The number of rotatable bonds is 9. The second-order valence-corrected chi connectivity index (χ2v) is 6.77. The lowest BCUT2D eigenvalue weighted by Crippen LogP contribution is -2.36. The van der Waals surface area contributed by atoms with Gasteiger partial charge in [-0.05, 0) is 51.2 Å². The normalized spacial score (nSPS) is 22.6. The zero-order chi connectivity index (χ0) is 14.3. The van der Waals surface area contributed by atoms with Crippen LogP contribution in [0.25, 0.3) is 0 Å². The summed E-state index contributed by atoms with van der Waals surface area (Å²) in [5, 5.41) is 3.52. The Morgan fingerprint density at radius 3 is 2.47 bits per heavy atom. The van der Waals surface area contributed by atoms with Crippen molar-refractivity contribution in [2.75, 3.05) is 33.3 Å². The van der Waals surface area contributed by atoms with Crippen molar-refractivity contribution >= 4 is 0 Å². The molecule has 0 saturated carbocycles. The van der Waals surface area contributed by atoms with Crippen molar-refractivity contribution in [1.29, 1.82) is 0 Å². The molecule has 1 N–H and O–H groups in total. The average Bonchev–Trinajstić information content (AvgIpc) is 2.72. The van der Waals surface area contributed by atoms with Crippen molar-refractivity contribution < 1.29 is 4.74 Å². The van der Waals surface area contributed by atoms with E-state index in [1.807, 2.05) is 0 Å². The monoisotopic (exact) mass is 270 g/mol. The number of likely N-dealkylation sites (tertiary alicyclic amines) is 1. The topological polar surface area (TPSA) is 24.5 Å². The van der Waals surface area contributed by atoms with Crippen LogP contribution in [-0.2, 0) is 4.74 Å². The molecular formula is C16H34N2O. The third-order valence-electron chi connectivity index (χ3n) is 4.10. The van der Waals surface area contributed by atoms with Crippen LogP contribution >= 0.6 is 0 Å². The summed E-state index contributed by atoms with van der Waals surface area (Å²) >= 11 is 0. The van der Waals surface area contributed by atoms with Crippen LogP contribution in [-0.4, -0.2) is 50.3 Å². The van der Waals surface area contributed by atoms with E-state index in [0.717, 1.165) is 25.7 Å². The first-order valence-electron chi connectivity index (χ1n) is 8.03. The van der Waals surface area contributed by atoms with Gasteiger partial charge in [-0.25, -0.2) is 0 Å². The van der Waals surface area contributed by atoms with Gasteiger partial charge >= 0.3 is 0 Å². The van der Waals surface area contributed by atoms with Gasteiger partial charge in [0.2, 0.25) is 0 Å². The molecule has 3 nitrogen and oxygen atoms in total. The standard InChI is InChI=1S/C16H34N2O/c1-13(2)11-17-12-16(14(3)4)19-10-8-15-7-6-9-18(15)5/h13-17H,6-12H2,1-5H3. The van der Waals surface area contributed by atoms with E-state index in [1.54, 1.807) is 0 Å². The highest BCUT2D eigenvalue weighted by molar-refractivity contribution is 4.76. The number of nitrogens with zero attached hydrogens (tertiary/aromatic N) is 1. The summed E-state index contributed by atoms with van der Waals surface area (Å²) in [5.41, 5.74) is 0. The molecule has 1 fully saturated rings. The minimum Gasteiger partial charge on any atom is -0.377 e. The highest BCUT2D eigenvalue weighted by Gasteiger charge is 2.21. The fraction of sp³-hybridized carbons (Fsp3) is 1.00. The predicted octanol–water partition coefficient (Wildman–Crippen LogP) is 2.76. The Kier molecular flexibility index (Phi) is 7.96. The molecule has 1 aliphatic rings. The number of hydrogen-bond donors (Lipinski definition) is 1. The Morgan fingerprint density at radius 2 is 1.95 bits per heavy atom. The molecule has 1 rings (SSSR count). The molecule has 2 unspecified atom stereocenters. The molecule has 0 aromatic heterocycles. The Bertz CT molecular complexity index is 231. The van der Waals surface area contributed by atoms with E-state index >= 15 is 0 Å². The maximum atomic E-state index is 6.11. The quantitative estimate of drug-likeness (QED) is 0.697. The Balaban J connectivity index is 2.18. The molecule has 1 heterocycles. The third-order valence-corrected chi connectivity index (χ3v) is 4.10. The van der Waals surface area contributed by atoms with E-state index in [4.69, 9.17) is 4.74 Å². The molecule has 0 aliphatic carbocycles. The van der Waals surface area contributed by atoms with Crippen molar-refractivity contribution in [1.82, 2.24) is 10.2 Å². The zero-order valence-electron chi connectivity index (χ0n) is 13.6. The zero-order valence-corrected chi connectivity index (χ0v) is 13.6. The minimum absolute atomic E-state index is 0.352. The highest BCUT2D eigenvalue weighted by atomic mass is 16.5. The summed E-state index contributed by atoms with van der Waals surface area (Å²) < 4.78 is 6.11. The fourth-order valence-corrected chi connectivity index (χ4v) is 2.70. The van der Waals surface area contributed by atoms with E-state index in [2.05, 4.69) is 45.0 Å². The van der Waals surface area contributed by atoms with Crippen molar-refractivity contribution in [3.8, 4) is 0 Å². The molecule has 0 radical (unpaired) electrons. The van der Waals surface area contributed by atoms with Gasteiger partial charge in [0.25, 0.3) is 0 Å². The molecule has 0 aromatic carbocycles. The Hall–Kier alpha value is -0.120. The number of hydrogen-bond acceptors (Lipinski definition) is 3. The van der Waals surface area contributed by atoms with Gasteiger partial charge in [-0.1, -0.05) is 27.7 Å². The molecule has 19 heavy (non-hydrogen) atoms. The molecule has 0 spiro atoms. The largest absolute Gasteiger partial charge is 0.377 e. The van der Waals surface area contributed by atoms with Crippen LogP contribution in [0.2, 0.25) is 0 Å². The lowest BCUT2D eigenvalue weighted by Gasteiger charge is -2.25. The van der Waals surface area contributed by atoms with Gasteiger partial charge in [0.05, 0.1) is 6.10 Å². The second kappa shape index (κ2) is 8.93. The first-order chi connectivity index (χ1) is 9.00. The van der Waals surface area contributed by atoms with Crippen LogP contribution in [0, 0.1) is 11.8 Å². The van der Waals surface area contributed by atoms with Crippen LogP contribution in [0.4, 0.5) is 0 Å². The summed E-state index contributed by atoms with van der Waals surface area (Å²) in [7, 11) is 2.24. The van der Waals surface area contributed by atoms with Crippen LogP contribution < -0.4 is 5.32 Å². The molecule has 114 valence electrons. The molecule has 1 aliphatic heterocycles. The van der Waals surface area contributed by atoms with Gasteiger partial charge in [-0.3, -0.25) is 0 Å². The maximum absolute atomic E-state index is 6.11. The van der Waals surface area contributed by atoms with Gasteiger partial charge in [0, 0.05) is 19.2 Å². The van der Waals surface area contributed by atoms with Gasteiger partial charge in [0.15, 0.2) is 0 Å². The fourth-order valence-electron chi connectivity index (χ4n) is 2.70. The average molecular weight is 270 g/mol. The molecule has 1 saturated heterocycles. The molecule has 3 heteroatoms.